The summed E-state index contributed by atoms with van der Waals surface area (Å²) in [5, 5.41) is 9.51. The normalized spacial score (nSPS) is 18.4. The number of hydrogen-bond acceptors (Lipinski definition) is 4. The van der Waals surface area contributed by atoms with Gasteiger partial charge in [-0.2, -0.15) is 0 Å². The van der Waals surface area contributed by atoms with Crippen LogP contribution in [0.4, 0.5) is 4.79 Å². The fraction of sp³-hybridized carbons (Fsp3) is 0.467. The van der Waals surface area contributed by atoms with E-state index in [1.54, 1.807) is 39.0 Å². The number of fused-ring (bicyclic) bond motifs is 1. The number of nitrogens with zero attached hydrogens (tertiary/aromatic N) is 1. The molecule has 0 saturated heterocycles. The highest BCUT2D eigenvalue weighted by Crippen LogP contribution is 2.30. The van der Waals surface area contributed by atoms with E-state index in [0.29, 0.717) is 6.54 Å². The van der Waals surface area contributed by atoms with E-state index in [4.69, 9.17) is 4.74 Å². The zero-order valence-corrected chi connectivity index (χ0v) is 11.9. The first-order valence-electron chi connectivity index (χ1n) is 6.55. The summed E-state index contributed by atoms with van der Waals surface area (Å²) in [5.41, 5.74) is 1.07. The standard InChI is InChI=1S/C15H19NO4/c1-15(2,3)20-14(19)16-7-10-4-5-12(18)6-13(10)11(8-16)9-17/h4-6,9,11,18H,7-8H2,1-3H3. The summed E-state index contributed by atoms with van der Waals surface area (Å²) < 4.78 is 5.33. The van der Waals surface area contributed by atoms with E-state index in [0.717, 1.165) is 17.4 Å². The maximum absolute atomic E-state index is 12.1. The molecule has 0 spiro atoms. The lowest BCUT2D eigenvalue weighted by molar-refractivity contribution is -0.109. The molecule has 0 fully saturated rings. The van der Waals surface area contributed by atoms with Gasteiger partial charge < -0.3 is 19.5 Å². The molecule has 1 aromatic carbocycles. The van der Waals surface area contributed by atoms with Crippen LogP contribution in [0.1, 0.15) is 37.8 Å². The fourth-order valence-corrected chi connectivity index (χ4v) is 2.26. The van der Waals surface area contributed by atoms with E-state index >= 15 is 0 Å². The number of rotatable bonds is 1. The molecule has 1 aromatic rings. The van der Waals surface area contributed by atoms with E-state index in [9.17, 15) is 14.7 Å². The van der Waals surface area contributed by atoms with Crippen LogP contribution in [0, 0.1) is 0 Å². The van der Waals surface area contributed by atoms with Gasteiger partial charge in [0.15, 0.2) is 0 Å². The van der Waals surface area contributed by atoms with E-state index < -0.39 is 17.6 Å². The number of carbonyl (C=O) groups excluding carboxylic acids is 2. The second kappa shape index (κ2) is 5.15. The number of carbonyl (C=O) groups is 2. The van der Waals surface area contributed by atoms with Gasteiger partial charge in [-0.05, 0) is 44.0 Å². The maximum Gasteiger partial charge on any atom is 0.410 e. The van der Waals surface area contributed by atoms with Crippen molar-refractivity contribution in [3.05, 3.63) is 29.3 Å². The predicted molar refractivity (Wildman–Crippen MR) is 73.6 cm³/mol. The summed E-state index contributed by atoms with van der Waals surface area (Å²) in [6.45, 7) is 6.07. The minimum atomic E-state index is -0.566. The molecule has 1 atom stereocenters. The topological polar surface area (TPSA) is 66.8 Å². The first-order valence-corrected chi connectivity index (χ1v) is 6.55. The Bertz CT molecular complexity index is 533. The highest BCUT2D eigenvalue weighted by Gasteiger charge is 2.30. The average molecular weight is 277 g/mol. The summed E-state index contributed by atoms with van der Waals surface area (Å²) in [5.74, 6) is -0.306. The van der Waals surface area contributed by atoms with Gasteiger partial charge in [-0.3, -0.25) is 0 Å². The number of aldehydes is 1. The van der Waals surface area contributed by atoms with Crippen LogP contribution in [0.2, 0.25) is 0 Å². The van der Waals surface area contributed by atoms with Crippen molar-refractivity contribution in [3.63, 3.8) is 0 Å². The van der Waals surface area contributed by atoms with Crippen molar-refractivity contribution in [3.8, 4) is 5.75 Å². The van der Waals surface area contributed by atoms with Crippen molar-refractivity contribution in [2.75, 3.05) is 6.54 Å². The third-order valence-corrected chi connectivity index (χ3v) is 3.12. The third kappa shape index (κ3) is 3.10. The molecule has 1 amide bonds. The third-order valence-electron chi connectivity index (χ3n) is 3.12. The molecule has 5 nitrogen and oxygen atoms in total. The van der Waals surface area contributed by atoms with Crippen molar-refractivity contribution in [1.82, 2.24) is 4.90 Å². The second-order valence-corrected chi connectivity index (χ2v) is 5.99. The highest BCUT2D eigenvalue weighted by molar-refractivity contribution is 5.72. The molecule has 0 aromatic heterocycles. The summed E-state index contributed by atoms with van der Waals surface area (Å²) in [6, 6.07) is 4.87. The molecular weight excluding hydrogens is 258 g/mol. The summed E-state index contributed by atoms with van der Waals surface area (Å²) in [4.78, 5) is 24.8. The smallest absolute Gasteiger partial charge is 0.410 e. The molecule has 1 aliphatic rings. The lowest BCUT2D eigenvalue weighted by Crippen LogP contribution is -2.41. The molecule has 0 bridgehead atoms. The van der Waals surface area contributed by atoms with E-state index in [1.807, 2.05) is 0 Å². The number of hydrogen-bond donors (Lipinski definition) is 1. The molecule has 1 unspecified atom stereocenters. The Morgan fingerprint density at radius 2 is 2.15 bits per heavy atom. The van der Waals surface area contributed by atoms with Crippen LogP contribution in [0.5, 0.6) is 5.75 Å². The van der Waals surface area contributed by atoms with Crippen LogP contribution in [-0.2, 0) is 16.1 Å². The lowest BCUT2D eigenvalue weighted by Gasteiger charge is -2.33. The Labute approximate surface area is 118 Å². The Kier molecular flexibility index (Phi) is 3.70. The number of aromatic hydroxyl groups is 1. The molecule has 5 heteroatoms. The van der Waals surface area contributed by atoms with Crippen LogP contribution < -0.4 is 0 Å². The maximum atomic E-state index is 12.1. The van der Waals surface area contributed by atoms with Crippen LogP contribution in [0.15, 0.2) is 18.2 Å². The molecule has 108 valence electrons. The summed E-state index contributed by atoms with van der Waals surface area (Å²) >= 11 is 0. The van der Waals surface area contributed by atoms with E-state index in [1.165, 1.54) is 4.90 Å². The van der Waals surface area contributed by atoms with Crippen molar-refractivity contribution < 1.29 is 19.4 Å². The molecule has 0 aliphatic carbocycles. The zero-order valence-electron chi connectivity index (χ0n) is 11.9. The van der Waals surface area contributed by atoms with Crippen molar-refractivity contribution in [2.45, 2.75) is 38.8 Å². The van der Waals surface area contributed by atoms with Crippen molar-refractivity contribution >= 4 is 12.4 Å². The average Bonchev–Trinajstić information content (AvgIpc) is 2.35. The lowest BCUT2D eigenvalue weighted by atomic mass is 9.91. The second-order valence-electron chi connectivity index (χ2n) is 5.99. The van der Waals surface area contributed by atoms with Gasteiger partial charge in [-0.15, -0.1) is 0 Å². The van der Waals surface area contributed by atoms with Crippen molar-refractivity contribution in [1.29, 1.82) is 0 Å². The minimum Gasteiger partial charge on any atom is -0.508 e. The van der Waals surface area contributed by atoms with Crippen molar-refractivity contribution in [2.24, 2.45) is 0 Å². The molecule has 2 rings (SSSR count). The first-order chi connectivity index (χ1) is 9.30. The van der Waals surface area contributed by atoms with Crippen LogP contribution >= 0.6 is 0 Å². The highest BCUT2D eigenvalue weighted by atomic mass is 16.6. The van der Waals surface area contributed by atoms with E-state index in [2.05, 4.69) is 0 Å². The zero-order chi connectivity index (χ0) is 14.9. The Morgan fingerprint density at radius 1 is 1.45 bits per heavy atom. The van der Waals surface area contributed by atoms with Gasteiger partial charge >= 0.3 is 6.09 Å². The number of ether oxygens (including phenoxy) is 1. The van der Waals surface area contributed by atoms with Crippen LogP contribution in [-0.4, -0.2) is 34.5 Å². The molecule has 0 radical (unpaired) electrons. The Hall–Kier alpha value is -2.04. The Balaban J connectivity index is 2.23. The van der Waals surface area contributed by atoms with E-state index in [-0.39, 0.29) is 12.3 Å². The largest absolute Gasteiger partial charge is 0.508 e. The van der Waals surface area contributed by atoms with Gasteiger partial charge in [-0.1, -0.05) is 6.07 Å². The van der Waals surface area contributed by atoms with Gasteiger partial charge in [0.05, 0.1) is 5.92 Å². The monoisotopic (exact) mass is 277 g/mol. The fourth-order valence-electron chi connectivity index (χ4n) is 2.26. The molecule has 1 aliphatic heterocycles. The molecule has 20 heavy (non-hydrogen) atoms. The van der Waals surface area contributed by atoms with Gasteiger partial charge in [0.25, 0.3) is 0 Å². The number of phenolic OH excluding ortho intramolecular Hbond substituents is 1. The molecule has 1 N–H and O–H groups in total. The number of phenols is 1. The van der Waals surface area contributed by atoms with Crippen LogP contribution in [0.3, 0.4) is 0 Å². The summed E-state index contributed by atoms with van der Waals surface area (Å²) in [7, 11) is 0. The molecule has 1 heterocycles. The van der Waals surface area contributed by atoms with Gasteiger partial charge in [-0.25, -0.2) is 4.79 Å². The summed E-state index contributed by atoms with van der Waals surface area (Å²) in [6.07, 6.45) is 0.373. The SMILES string of the molecule is CC(C)(C)OC(=O)N1Cc2ccc(O)cc2C(C=O)C1. The van der Waals surface area contributed by atoms with Crippen LogP contribution in [0.25, 0.3) is 0 Å². The van der Waals surface area contributed by atoms with Gasteiger partial charge in [0.1, 0.15) is 17.6 Å². The quantitative estimate of drug-likeness (QED) is 0.801. The number of benzene rings is 1. The molecule has 0 saturated carbocycles. The number of amides is 1. The first kappa shape index (κ1) is 14.4. The minimum absolute atomic E-state index is 0.126. The van der Waals surface area contributed by atoms with Gasteiger partial charge in [0, 0.05) is 13.1 Å². The predicted octanol–water partition coefficient (Wildman–Crippen LogP) is 2.43. The molecular formula is C15H19NO4. The Morgan fingerprint density at radius 3 is 2.75 bits per heavy atom. The van der Waals surface area contributed by atoms with Gasteiger partial charge in [0.2, 0.25) is 0 Å².